The number of Topliss-reactive ketones (excluding diaryl/α,β-unsaturated/α-hetero) is 1. The Kier molecular flexibility index (Phi) is 2.98. The number of carbonyl (C=O) groups is 1. The second-order valence-corrected chi connectivity index (χ2v) is 6.49. The van der Waals surface area contributed by atoms with E-state index >= 15 is 0 Å². The Balaban J connectivity index is 2.13. The highest BCUT2D eigenvalue weighted by atomic mass is 35.5. The number of carbonyl (C=O) groups excluding carboxylic acids is 1. The molecular formula is C16H15ClFNO. The van der Waals surface area contributed by atoms with E-state index in [-0.39, 0.29) is 16.2 Å². The molecule has 1 aliphatic rings. The van der Waals surface area contributed by atoms with Crippen molar-refractivity contribution in [3.05, 3.63) is 52.6 Å². The van der Waals surface area contributed by atoms with Crippen LogP contribution >= 0.6 is 11.6 Å². The predicted molar refractivity (Wildman–Crippen MR) is 77.2 cm³/mol. The van der Waals surface area contributed by atoms with Gasteiger partial charge in [0.1, 0.15) is 5.82 Å². The Morgan fingerprint density at radius 3 is 2.70 bits per heavy atom. The third kappa shape index (κ3) is 2.16. The van der Waals surface area contributed by atoms with Crippen LogP contribution in [0.5, 0.6) is 0 Å². The Labute approximate surface area is 122 Å². The lowest BCUT2D eigenvalue weighted by Crippen LogP contribution is -2.27. The van der Waals surface area contributed by atoms with Crippen LogP contribution in [0.4, 0.5) is 4.39 Å². The van der Waals surface area contributed by atoms with Crippen molar-refractivity contribution in [2.24, 2.45) is 5.41 Å². The maximum atomic E-state index is 13.6. The standard InChI is InChI=1S/C16H15ClFNO/c1-16(2)8-14-11(15(20)9-16)5-6-19(14)10-3-4-12(17)13(18)7-10/h3-7H,8-9H2,1-2H3. The van der Waals surface area contributed by atoms with E-state index in [1.807, 2.05) is 16.8 Å². The molecule has 0 saturated carbocycles. The molecule has 1 aromatic carbocycles. The summed E-state index contributed by atoms with van der Waals surface area (Å²) in [5.74, 6) is -0.294. The minimum absolute atomic E-state index is 0.0643. The molecule has 1 aromatic heterocycles. The zero-order valence-corrected chi connectivity index (χ0v) is 12.2. The smallest absolute Gasteiger partial charge is 0.165 e. The lowest BCUT2D eigenvalue weighted by molar-refractivity contribution is 0.0911. The van der Waals surface area contributed by atoms with Gasteiger partial charge in [0.2, 0.25) is 0 Å². The highest BCUT2D eigenvalue weighted by molar-refractivity contribution is 6.30. The van der Waals surface area contributed by atoms with E-state index in [0.29, 0.717) is 12.1 Å². The van der Waals surface area contributed by atoms with Crippen molar-refractivity contribution in [1.29, 1.82) is 0 Å². The molecule has 2 aromatic rings. The zero-order chi connectivity index (χ0) is 14.5. The topological polar surface area (TPSA) is 22.0 Å². The van der Waals surface area contributed by atoms with Crippen LogP contribution in [-0.4, -0.2) is 10.4 Å². The van der Waals surface area contributed by atoms with Crippen LogP contribution in [0, 0.1) is 11.2 Å². The molecule has 0 spiro atoms. The zero-order valence-electron chi connectivity index (χ0n) is 11.4. The van der Waals surface area contributed by atoms with Crippen molar-refractivity contribution in [2.45, 2.75) is 26.7 Å². The van der Waals surface area contributed by atoms with Gasteiger partial charge >= 0.3 is 0 Å². The van der Waals surface area contributed by atoms with Gasteiger partial charge in [0, 0.05) is 29.6 Å². The first-order chi connectivity index (χ1) is 9.37. The fourth-order valence-electron chi connectivity index (χ4n) is 2.82. The quantitative estimate of drug-likeness (QED) is 0.762. The van der Waals surface area contributed by atoms with Gasteiger partial charge in [-0.3, -0.25) is 4.79 Å². The number of hydrogen-bond acceptors (Lipinski definition) is 1. The first-order valence-electron chi connectivity index (χ1n) is 6.56. The predicted octanol–water partition coefficient (Wildman–Crippen LogP) is 4.42. The van der Waals surface area contributed by atoms with E-state index in [1.54, 1.807) is 6.07 Å². The molecule has 20 heavy (non-hydrogen) atoms. The fraction of sp³-hybridized carbons (Fsp3) is 0.312. The van der Waals surface area contributed by atoms with Crippen molar-refractivity contribution < 1.29 is 9.18 Å². The average molecular weight is 292 g/mol. The number of nitrogens with zero attached hydrogens (tertiary/aromatic N) is 1. The van der Waals surface area contributed by atoms with E-state index in [1.165, 1.54) is 12.1 Å². The number of benzene rings is 1. The van der Waals surface area contributed by atoms with Crippen LogP contribution in [0.3, 0.4) is 0 Å². The molecule has 0 fully saturated rings. The third-order valence-electron chi connectivity index (χ3n) is 3.76. The Morgan fingerprint density at radius 1 is 1.25 bits per heavy atom. The first kappa shape index (κ1) is 13.4. The highest BCUT2D eigenvalue weighted by Gasteiger charge is 2.33. The maximum Gasteiger partial charge on any atom is 0.165 e. The van der Waals surface area contributed by atoms with Crippen LogP contribution in [0.1, 0.15) is 36.3 Å². The van der Waals surface area contributed by atoms with Gasteiger partial charge in [-0.15, -0.1) is 0 Å². The van der Waals surface area contributed by atoms with Gasteiger partial charge in [-0.1, -0.05) is 25.4 Å². The molecule has 104 valence electrons. The summed E-state index contributed by atoms with van der Waals surface area (Å²) in [6.45, 7) is 4.15. The van der Waals surface area contributed by atoms with Crippen molar-refractivity contribution >= 4 is 17.4 Å². The number of fused-ring (bicyclic) bond motifs is 1. The second-order valence-electron chi connectivity index (χ2n) is 6.09. The van der Waals surface area contributed by atoms with Crippen molar-refractivity contribution in [3.8, 4) is 5.69 Å². The summed E-state index contributed by atoms with van der Waals surface area (Å²) in [6.07, 6.45) is 3.18. The van der Waals surface area contributed by atoms with Crippen LogP contribution < -0.4 is 0 Å². The van der Waals surface area contributed by atoms with Crippen LogP contribution in [0.15, 0.2) is 30.5 Å². The molecule has 0 N–H and O–H groups in total. The SMILES string of the molecule is CC1(C)CC(=O)c2ccn(-c3ccc(Cl)c(F)c3)c2C1. The van der Waals surface area contributed by atoms with E-state index < -0.39 is 5.82 Å². The highest BCUT2D eigenvalue weighted by Crippen LogP contribution is 2.36. The molecule has 1 heterocycles. The van der Waals surface area contributed by atoms with Gasteiger partial charge in [0.15, 0.2) is 5.78 Å². The summed E-state index contributed by atoms with van der Waals surface area (Å²) >= 11 is 5.72. The molecule has 0 bridgehead atoms. The van der Waals surface area contributed by atoms with Crippen LogP contribution in [-0.2, 0) is 6.42 Å². The van der Waals surface area contributed by atoms with Gasteiger partial charge in [0.05, 0.1) is 5.02 Å². The van der Waals surface area contributed by atoms with Crippen LogP contribution in [0.2, 0.25) is 5.02 Å². The third-order valence-corrected chi connectivity index (χ3v) is 4.07. The van der Waals surface area contributed by atoms with Crippen molar-refractivity contribution in [1.82, 2.24) is 4.57 Å². The Bertz CT molecular complexity index is 702. The normalized spacial score (nSPS) is 17.1. The molecule has 1 aliphatic carbocycles. The van der Waals surface area contributed by atoms with Gasteiger partial charge in [-0.2, -0.15) is 0 Å². The summed E-state index contributed by atoms with van der Waals surface area (Å²) in [6, 6.07) is 6.51. The monoisotopic (exact) mass is 291 g/mol. The Morgan fingerprint density at radius 2 is 2.00 bits per heavy atom. The number of aromatic nitrogens is 1. The summed E-state index contributed by atoms with van der Waals surface area (Å²) in [5, 5.41) is 0.103. The Hall–Kier alpha value is -1.61. The summed E-state index contributed by atoms with van der Waals surface area (Å²) in [7, 11) is 0. The molecule has 0 amide bonds. The molecule has 0 atom stereocenters. The fourth-order valence-corrected chi connectivity index (χ4v) is 2.94. The van der Waals surface area contributed by atoms with E-state index in [0.717, 1.165) is 17.7 Å². The number of ketones is 1. The summed E-state index contributed by atoms with van der Waals surface area (Å²) < 4.78 is 15.5. The minimum Gasteiger partial charge on any atom is -0.320 e. The molecule has 0 aliphatic heterocycles. The number of halogens is 2. The van der Waals surface area contributed by atoms with Crippen LogP contribution in [0.25, 0.3) is 5.69 Å². The van der Waals surface area contributed by atoms with E-state index in [9.17, 15) is 9.18 Å². The van der Waals surface area contributed by atoms with E-state index in [2.05, 4.69) is 13.8 Å². The summed E-state index contributed by atoms with van der Waals surface area (Å²) in [4.78, 5) is 12.2. The van der Waals surface area contributed by atoms with Gasteiger partial charge in [-0.25, -0.2) is 4.39 Å². The minimum atomic E-state index is -0.451. The summed E-state index contributed by atoms with van der Waals surface area (Å²) in [5.41, 5.74) is 2.33. The second kappa shape index (κ2) is 4.45. The lowest BCUT2D eigenvalue weighted by Gasteiger charge is -2.29. The molecule has 2 nitrogen and oxygen atoms in total. The molecule has 4 heteroatoms. The number of hydrogen-bond donors (Lipinski definition) is 0. The van der Waals surface area contributed by atoms with E-state index in [4.69, 9.17) is 11.6 Å². The van der Waals surface area contributed by atoms with Gasteiger partial charge in [-0.05, 0) is 36.1 Å². The largest absolute Gasteiger partial charge is 0.320 e. The molecule has 0 radical (unpaired) electrons. The van der Waals surface area contributed by atoms with Gasteiger partial charge < -0.3 is 4.57 Å². The molecular weight excluding hydrogens is 277 g/mol. The molecule has 0 unspecified atom stereocenters. The maximum absolute atomic E-state index is 13.6. The number of rotatable bonds is 1. The van der Waals surface area contributed by atoms with Gasteiger partial charge in [0.25, 0.3) is 0 Å². The molecule has 0 saturated heterocycles. The molecule has 3 rings (SSSR count). The van der Waals surface area contributed by atoms with Crippen molar-refractivity contribution in [3.63, 3.8) is 0 Å². The lowest BCUT2D eigenvalue weighted by atomic mass is 9.76. The average Bonchev–Trinajstić information content (AvgIpc) is 2.75. The first-order valence-corrected chi connectivity index (χ1v) is 6.94. The van der Waals surface area contributed by atoms with Crippen molar-refractivity contribution in [2.75, 3.05) is 0 Å².